The second-order valence-corrected chi connectivity index (χ2v) is 13.5. The van der Waals surface area contributed by atoms with E-state index in [1.165, 1.54) is 11.1 Å². The normalized spacial score (nSPS) is 19.9. The van der Waals surface area contributed by atoms with Gasteiger partial charge in [-0.1, -0.05) is 139 Å². The van der Waals surface area contributed by atoms with E-state index in [0.717, 1.165) is 28.0 Å². The van der Waals surface area contributed by atoms with Gasteiger partial charge >= 0.3 is 0 Å². The first-order valence-corrected chi connectivity index (χ1v) is 16.9. The molecule has 0 saturated carbocycles. The monoisotopic (exact) mass is 609 g/mol. The van der Waals surface area contributed by atoms with Gasteiger partial charge in [0.2, 0.25) is 0 Å². The Hall–Kier alpha value is -4.87. The summed E-state index contributed by atoms with van der Waals surface area (Å²) in [6.07, 6.45) is 4.41. The highest BCUT2D eigenvalue weighted by Crippen LogP contribution is 2.56. The number of hydrogen-bond acceptors (Lipinski definition) is 3. The Bertz CT molecular complexity index is 1950. The molecule has 5 aromatic carbocycles. The van der Waals surface area contributed by atoms with Gasteiger partial charge in [0.15, 0.2) is 0 Å². The van der Waals surface area contributed by atoms with Gasteiger partial charge in [0.05, 0.1) is 17.2 Å². The first-order chi connectivity index (χ1) is 22.0. The summed E-state index contributed by atoms with van der Waals surface area (Å²) in [6.45, 7) is 2.51. The first-order valence-electron chi connectivity index (χ1n) is 15.4. The zero-order chi connectivity index (χ0) is 30.8. The maximum absolute atomic E-state index is 13.8. The van der Waals surface area contributed by atoms with Crippen LogP contribution in [0, 0.1) is 12.8 Å². The molecule has 5 aromatic rings. The Balaban J connectivity index is 1.36. The van der Waals surface area contributed by atoms with E-state index < -0.39 is 10.0 Å². The fourth-order valence-electron chi connectivity index (χ4n) is 6.85. The van der Waals surface area contributed by atoms with Crippen LogP contribution >= 0.6 is 0 Å². The second-order valence-electron chi connectivity index (χ2n) is 11.9. The molecule has 0 fully saturated rings. The van der Waals surface area contributed by atoms with E-state index >= 15 is 0 Å². The van der Waals surface area contributed by atoms with Gasteiger partial charge < -0.3 is 4.74 Å². The maximum Gasteiger partial charge on any atom is 0.261 e. The molecule has 4 nitrogen and oxygen atoms in total. The predicted octanol–water partition coefficient (Wildman–Crippen LogP) is 8.67. The van der Waals surface area contributed by atoms with Crippen LogP contribution in [0.1, 0.15) is 51.1 Å². The Labute approximate surface area is 265 Å². The molecule has 0 spiro atoms. The van der Waals surface area contributed by atoms with E-state index in [1.54, 1.807) is 12.1 Å². The number of rotatable bonds is 8. The van der Waals surface area contributed by atoms with Crippen molar-refractivity contribution in [2.45, 2.75) is 29.6 Å². The molecule has 1 heterocycles. The molecule has 0 amide bonds. The van der Waals surface area contributed by atoms with Crippen molar-refractivity contribution in [2.24, 2.45) is 5.92 Å². The van der Waals surface area contributed by atoms with Crippen LogP contribution in [0.3, 0.4) is 0 Å². The molecule has 1 N–H and O–H groups in total. The molecule has 1 aliphatic carbocycles. The van der Waals surface area contributed by atoms with Crippen molar-refractivity contribution in [3.8, 4) is 0 Å². The van der Waals surface area contributed by atoms with Gasteiger partial charge in [-0.15, -0.1) is 0 Å². The van der Waals surface area contributed by atoms with Crippen LogP contribution in [0.2, 0.25) is 0 Å². The topological polar surface area (TPSA) is 55.4 Å². The summed E-state index contributed by atoms with van der Waals surface area (Å²) < 4.78 is 37.0. The number of aryl methyl sites for hydroxylation is 1. The molecule has 0 unspecified atom stereocenters. The van der Waals surface area contributed by atoms with Gasteiger partial charge in [-0.25, -0.2) is 8.42 Å². The zero-order valence-corrected chi connectivity index (χ0v) is 25.9. The second kappa shape index (κ2) is 12.3. The molecule has 5 heteroatoms. The molecule has 224 valence electrons. The third-order valence-electron chi connectivity index (χ3n) is 9.04. The highest BCUT2D eigenvalue weighted by atomic mass is 32.2. The number of sulfonamides is 1. The predicted molar refractivity (Wildman–Crippen MR) is 181 cm³/mol. The van der Waals surface area contributed by atoms with Gasteiger partial charge in [0.25, 0.3) is 10.0 Å². The maximum atomic E-state index is 13.8. The highest BCUT2D eigenvalue weighted by Gasteiger charge is 2.45. The van der Waals surface area contributed by atoms with Crippen molar-refractivity contribution in [3.63, 3.8) is 0 Å². The number of fused-ring (bicyclic) bond motifs is 3. The number of nitrogens with one attached hydrogen (secondary N) is 1. The number of benzene rings is 5. The summed E-state index contributed by atoms with van der Waals surface area (Å²) in [5, 5.41) is 0. The van der Waals surface area contributed by atoms with Crippen LogP contribution in [0.25, 0.3) is 11.5 Å². The molecular weight excluding hydrogens is 575 g/mol. The van der Waals surface area contributed by atoms with Crippen molar-refractivity contribution in [1.82, 2.24) is 4.72 Å². The standard InChI is InChI=1S/C40H35NO3S/c1-28-21-23-32(24-22-28)45(42,43)41-38(30-15-7-3-8-16-30)25-35(29-13-5-2-6-14-29)40-34-20-12-11-19-33(34)36-26-39(44-27-37(36)40)31-17-9-4-10-18-31/h2-26,35-37,40-41H,27H2,1H3/b38-25-/t35-,36-,37-,40+/m1/s1. The van der Waals surface area contributed by atoms with E-state index in [2.05, 4.69) is 77.5 Å². The van der Waals surface area contributed by atoms with Gasteiger partial charge in [0.1, 0.15) is 5.76 Å². The zero-order valence-electron chi connectivity index (χ0n) is 25.1. The summed E-state index contributed by atoms with van der Waals surface area (Å²) in [6, 6.07) is 46.1. The summed E-state index contributed by atoms with van der Waals surface area (Å²) in [4.78, 5) is 0.233. The Morgan fingerprint density at radius 2 is 1.36 bits per heavy atom. The largest absolute Gasteiger partial charge is 0.493 e. The van der Waals surface area contributed by atoms with Gasteiger partial charge in [-0.05, 0) is 47.4 Å². The lowest BCUT2D eigenvalue weighted by molar-refractivity contribution is 0.172. The summed E-state index contributed by atoms with van der Waals surface area (Å²) >= 11 is 0. The molecule has 4 atom stereocenters. The first kappa shape index (κ1) is 28.9. The van der Waals surface area contributed by atoms with Crippen LogP contribution in [0.15, 0.2) is 157 Å². The number of allylic oxidation sites excluding steroid dienone is 2. The van der Waals surface area contributed by atoms with Crippen LogP contribution in [0.4, 0.5) is 0 Å². The smallest absolute Gasteiger partial charge is 0.261 e. The summed E-state index contributed by atoms with van der Waals surface area (Å²) in [5.74, 6) is 1.19. The van der Waals surface area contributed by atoms with E-state index in [-0.39, 0.29) is 28.6 Å². The van der Waals surface area contributed by atoms with Crippen molar-refractivity contribution >= 4 is 21.5 Å². The quantitative estimate of drug-likeness (QED) is 0.192. The molecule has 0 aromatic heterocycles. The van der Waals surface area contributed by atoms with Crippen LogP contribution in [-0.2, 0) is 14.8 Å². The van der Waals surface area contributed by atoms with Crippen molar-refractivity contribution < 1.29 is 13.2 Å². The van der Waals surface area contributed by atoms with E-state index in [9.17, 15) is 8.42 Å². The van der Waals surface area contributed by atoms with Gasteiger partial charge in [-0.3, -0.25) is 4.72 Å². The molecule has 0 bridgehead atoms. The summed E-state index contributed by atoms with van der Waals surface area (Å²) in [5.41, 5.74) is 7.16. The lowest BCUT2D eigenvalue weighted by Crippen LogP contribution is -2.27. The van der Waals surface area contributed by atoms with Crippen LogP contribution in [-0.4, -0.2) is 15.0 Å². The fourth-order valence-corrected chi connectivity index (χ4v) is 7.94. The number of ether oxygens (including phenoxy) is 1. The Morgan fingerprint density at radius 1 is 0.756 bits per heavy atom. The molecule has 1 aliphatic heterocycles. The minimum atomic E-state index is -3.85. The Kier molecular flexibility index (Phi) is 7.86. The third-order valence-corrected chi connectivity index (χ3v) is 10.4. The fraction of sp³-hybridized carbons (Fsp3) is 0.150. The molecule has 0 saturated heterocycles. The van der Waals surface area contributed by atoms with Gasteiger partial charge in [0, 0.05) is 29.2 Å². The lowest BCUT2D eigenvalue weighted by atomic mass is 9.74. The highest BCUT2D eigenvalue weighted by molar-refractivity contribution is 7.89. The van der Waals surface area contributed by atoms with Gasteiger partial charge in [-0.2, -0.15) is 0 Å². The van der Waals surface area contributed by atoms with Crippen LogP contribution in [0.5, 0.6) is 0 Å². The lowest BCUT2D eigenvalue weighted by Gasteiger charge is -2.33. The molecule has 45 heavy (non-hydrogen) atoms. The minimum absolute atomic E-state index is 0.0600. The molecule has 7 rings (SSSR count). The van der Waals surface area contributed by atoms with Crippen LogP contribution < -0.4 is 4.72 Å². The van der Waals surface area contributed by atoms with Crippen molar-refractivity contribution in [1.29, 1.82) is 0 Å². The average Bonchev–Trinajstić information content (AvgIpc) is 3.41. The van der Waals surface area contributed by atoms with Crippen molar-refractivity contribution in [2.75, 3.05) is 6.61 Å². The minimum Gasteiger partial charge on any atom is -0.493 e. The van der Waals surface area contributed by atoms with E-state index in [0.29, 0.717) is 12.3 Å². The summed E-state index contributed by atoms with van der Waals surface area (Å²) in [7, 11) is -3.85. The molecular formula is C40H35NO3S. The molecule has 0 radical (unpaired) electrons. The third kappa shape index (κ3) is 5.84. The SMILES string of the molecule is Cc1ccc(S(=O)(=O)N/C(=C\[C@H](c2ccccc2)[C@@H]2c3ccccc3[C@H]3C=C(c4ccccc4)OC[C@@H]23)c2ccccc2)cc1. The average molecular weight is 610 g/mol. The van der Waals surface area contributed by atoms with E-state index in [1.807, 2.05) is 73.7 Å². The Morgan fingerprint density at radius 3 is 2.04 bits per heavy atom. The number of hydrogen-bond donors (Lipinski definition) is 1. The van der Waals surface area contributed by atoms with Crippen molar-refractivity contribution in [3.05, 3.63) is 185 Å². The van der Waals surface area contributed by atoms with E-state index in [4.69, 9.17) is 4.74 Å². The molecule has 2 aliphatic rings.